The minimum Gasteiger partial charge on any atom is -0.496 e. The quantitative estimate of drug-likeness (QED) is 0.401. The molecule has 2 aromatic rings. The van der Waals surface area contributed by atoms with Crippen LogP contribution in [0.5, 0.6) is 5.75 Å². The summed E-state index contributed by atoms with van der Waals surface area (Å²) in [6.45, 7) is 5.07. The number of rotatable bonds is 7. The molecular formula is C26H27BrN2O6. The van der Waals surface area contributed by atoms with E-state index in [0.717, 1.165) is 9.37 Å². The SMILES string of the molecule is CCC(C)C1(C(=O)O)NC(c2cc(Br)ccc2OC)C2C(=O)N(c3ccc(C(C)=O)cc3)C(=O)C21. The molecule has 0 spiro atoms. The average molecular weight is 543 g/mol. The zero-order valence-electron chi connectivity index (χ0n) is 19.9. The van der Waals surface area contributed by atoms with Crippen molar-refractivity contribution in [2.24, 2.45) is 17.8 Å². The summed E-state index contributed by atoms with van der Waals surface area (Å²) in [7, 11) is 1.50. The standard InChI is InChI=1S/C26H27BrN2O6/c1-5-13(2)26(25(33)34)21-20(22(28-26)18-12-16(27)8-11-19(18)35-4)23(31)29(24(21)32)17-9-6-15(7-10-17)14(3)30/h6-13,20-22,28H,5H2,1-4H3,(H,33,34). The van der Waals surface area contributed by atoms with Crippen LogP contribution in [0.15, 0.2) is 46.9 Å². The maximum absolute atomic E-state index is 13.9. The Labute approximate surface area is 211 Å². The number of carboxylic acids is 1. The minimum absolute atomic E-state index is 0.139. The first-order valence-corrected chi connectivity index (χ1v) is 12.2. The number of halogens is 1. The molecule has 2 aromatic carbocycles. The summed E-state index contributed by atoms with van der Waals surface area (Å²) in [4.78, 5) is 53.3. The van der Waals surface area contributed by atoms with Crippen molar-refractivity contribution in [1.82, 2.24) is 5.32 Å². The number of nitrogens with zero attached hydrogens (tertiary/aromatic N) is 1. The van der Waals surface area contributed by atoms with Gasteiger partial charge in [-0.2, -0.15) is 0 Å². The van der Waals surface area contributed by atoms with Crippen molar-refractivity contribution in [1.29, 1.82) is 0 Å². The highest BCUT2D eigenvalue weighted by Gasteiger charge is 2.70. The van der Waals surface area contributed by atoms with E-state index in [2.05, 4.69) is 21.2 Å². The average Bonchev–Trinajstić information content (AvgIpc) is 3.33. The molecule has 0 bridgehead atoms. The molecular weight excluding hydrogens is 516 g/mol. The van der Waals surface area contributed by atoms with Crippen molar-refractivity contribution in [3.8, 4) is 5.75 Å². The smallest absolute Gasteiger partial charge is 0.325 e. The van der Waals surface area contributed by atoms with Crippen LogP contribution >= 0.6 is 15.9 Å². The van der Waals surface area contributed by atoms with Gasteiger partial charge in [-0.15, -0.1) is 0 Å². The Kier molecular flexibility index (Phi) is 6.59. The van der Waals surface area contributed by atoms with E-state index >= 15 is 0 Å². The highest BCUT2D eigenvalue weighted by Crippen LogP contribution is 2.54. The Bertz CT molecular complexity index is 1210. The van der Waals surface area contributed by atoms with E-state index < -0.39 is 47.1 Å². The number of hydrogen-bond acceptors (Lipinski definition) is 6. The van der Waals surface area contributed by atoms with Gasteiger partial charge in [0.15, 0.2) is 5.78 Å². The van der Waals surface area contributed by atoms with Crippen LogP contribution in [-0.2, 0) is 14.4 Å². The number of Topliss-reactive ketones (excluding diaryl/α,β-unsaturated/α-hetero) is 1. The number of anilines is 1. The van der Waals surface area contributed by atoms with E-state index in [0.29, 0.717) is 29.0 Å². The number of methoxy groups -OCH3 is 1. The van der Waals surface area contributed by atoms with Gasteiger partial charge in [-0.3, -0.25) is 24.5 Å². The Morgan fingerprint density at radius 2 is 1.83 bits per heavy atom. The number of carboxylic acid groups (broad SMARTS) is 1. The van der Waals surface area contributed by atoms with Crippen molar-refractivity contribution in [2.45, 2.75) is 38.8 Å². The molecule has 184 valence electrons. The summed E-state index contributed by atoms with van der Waals surface area (Å²) >= 11 is 3.45. The molecule has 2 aliphatic rings. The second kappa shape index (κ2) is 9.20. The topological polar surface area (TPSA) is 113 Å². The molecule has 2 saturated heterocycles. The molecule has 4 rings (SSSR count). The van der Waals surface area contributed by atoms with Gasteiger partial charge in [0, 0.05) is 21.6 Å². The maximum Gasteiger partial charge on any atom is 0.325 e. The van der Waals surface area contributed by atoms with Gasteiger partial charge in [-0.05, 0) is 55.3 Å². The third-order valence-electron chi connectivity index (χ3n) is 7.40. The fourth-order valence-corrected chi connectivity index (χ4v) is 5.82. The van der Waals surface area contributed by atoms with Gasteiger partial charge in [0.25, 0.3) is 0 Å². The number of ether oxygens (including phenoxy) is 1. The summed E-state index contributed by atoms with van der Waals surface area (Å²) < 4.78 is 6.27. The number of ketones is 1. The molecule has 35 heavy (non-hydrogen) atoms. The lowest BCUT2D eigenvalue weighted by Crippen LogP contribution is -2.59. The lowest BCUT2D eigenvalue weighted by molar-refractivity contribution is -0.151. The van der Waals surface area contributed by atoms with Crippen molar-refractivity contribution in [3.05, 3.63) is 58.1 Å². The fraction of sp³-hybridized carbons (Fsp3) is 0.385. The highest BCUT2D eigenvalue weighted by molar-refractivity contribution is 9.10. The predicted octanol–water partition coefficient (Wildman–Crippen LogP) is 3.98. The third-order valence-corrected chi connectivity index (χ3v) is 7.89. The normalized spacial score (nSPS) is 26.5. The van der Waals surface area contributed by atoms with Crippen molar-refractivity contribution in [2.75, 3.05) is 12.0 Å². The van der Waals surface area contributed by atoms with Crippen molar-refractivity contribution in [3.63, 3.8) is 0 Å². The molecule has 2 fully saturated rings. The molecule has 0 saturated carbocycles. The van der Waals surface area contributed by atoms with Gasteiger partial charge < -0.3 is 9.84 Å². The molecule has 2 heterocycles. The molecule has 0 aromatic heterocycles. The molecule has 0 aliphatic carbocycles. The number of imide groups is 1. The van der Waals surface area contributed by atoms with Crippen LogP contribution in [0.25, 0.3) is 0 Å². The van der Waals surface area contributed by atoms with Gasteiger partial charge in [0.05, 0.1) is 24.6 Å². The van der Waals surface area contributed by atoms with Crippen LogP contribution in [-0.4, -0.2) is 41.3 Å². The van der Waals surface area contributed by atoms with Gasteiger partial charge in [0.1, 0.15) is 11.3 Å². The number of amides is 2. The molecule has 2 N–H and O–H groups in total. The molecule has 2 aliphatic heterocycles. The van der Waals surface area contributed by atoms with E-state index in [1.54, 1.807) is 49.4 Å². The largest absolute Gasteiger partial charge is 0.496 e. The van der Waals surface area contributed by atoms with E-state index in [4.69, 9.17) is 4.74 Å². The number of hydrogen-bond donors (Lipinski definition) is 2. The molecule has 0 radical (unpaired) electrons. The summed E-state index contributed by atoms with van der Waals surface area (Å²) in [5, 5.41) is 13.7. The van der Waals surface area contributed by atoms with Crippen LogP contribution in [0.4, 0.5) is 5.69 Å². The Hall–Kier alpha value is -3.04. The zero-order chi connectivity index (χ0) is 25.7. The lowest BCUT2D eigenvalue weighted by atomic mass is 9.72. The molecule has 9 heteroatoms. The summed E-state index contributed by atoms with van der Waals surface area (Å²) in [6, 6.07) is 10.7. The van der Waals surface area contributed by atoms with Crippen molar-refractivity contribution >= 4 is 45.2 Å². The van der Waals surface area contributed by atoms with Gasteiger partial charge >= 0.3 is 5.97 Å². The van der Waals surface area contributed by atoms with Crippen LogP contribution in [0, 0.1) is 17.8 Å². The lowest BCUT2D eigenvalue weighted by Gasteiger charge is -2.36. The second-order valence-electron chi connectivity index (χ2n) is 9.11. The number of benzene rings is 2. The van der Waals surface area contributed by atoms with Crippen LogP contribution < -0.4 is 15.0 Å². The third kappa shape index (κ3) is 3.77. The Balaban J connectivity index is 1.90. The van der Waals surface area contributed by atoms with Crippen LogP contribution in [0.3, 0.4) is 0 Å². The zero-order valence-corrected chi connectivity index (χ0v) is 21.5. The summed E-state index contributed by atoms with van der Waals surface area (Å²) in [6.07, 6.45) is 0.486. The fourth-order valence-electron chi connectivity index (χ4n) is 5.44. The summed E-state index contributed by atoms with van der Waals surface area (Å²) in [5.74, 6) is -4.41. The first kappa shape index (κ1) is 25.1. The highest BCUT2D eigenvalue weighted by atomic mass is 79.9. The van der Waals surface area contributed by atoms with Crippen LogP contribution in [0.2, 0.25) is 0 Å². The molecule has 5 unspecified atom stereocenters. The van der Waals surface area contributed by atoms with E-state index in [-0.39, 0.29) is 5.78 Å². The molecule has 5 atom stereocenters. The maximum atomic E-state index is 13.9. The van der Waals surface area contributed by atoms with E-state index in [9.17, 15) is 24.3 Å². The second-order valence-corrected chi connectivity index (χ2v) is 10.0. The first-order chi connectivity index (χ1) is 16.6. The van der Waals surface area contributed by atoms with Gasteiger partial charge in [0.2, 0.25) is 11.8 Å². The predicted molar refractivity (Wildman–Crippen MR) is 132 cm³/mol. The monoisotopic (exact) mass is 542 g/mol. The molecule has 2 amide bonds. The number of fused-ring (bicyclic) bond motifs is 1. The van der Waals surface area contributed by atoms with E-state index in [1.165, 1.54) is 14.0 Å². The number of carbonyl (C=O) groups excluding carboxylic acids is 3. The Morgan fingerprint density at radius 3 is 2.37 bits per heavy atom. The first-order valence-electron chi connectivity index (χ1n) is 11.4. The summed E-state index contributed by atoms with van der Waals surface area (Å²) in [5.41, 5.74) is -0.301. The number of nitrogens with one attached hydrogen (secondary N) is 1. The van der Waals surface area contributed by atoms with Gasteiger partial charge in [-0.1, -0.05) is 36.2 Å². The van der Waals surface area contributed by atoms with E-state index in [1.807, 2.05) is 6.92 Å². The number of aliphatic carboxylic acids is 1. The van der Waals surface area contributed by atoms with Crippen molar-refractivity contribution < 1.29 is 29.0 Å². The van der Waals surface area contributed by atoms with Crippen LogP contribution in [0.1, 0.15) is 49.2 Å². The Morgan fingerprint density at radius 1 is 1.17 bits per heavy atom. The molecule has 8 nitrogen and oxygen atoms in total. The number of carbonyl (C=O) groups is 4. The minimum atomic E-state index is -1.65. The van der Waals surface area contributed by atoms with Gasteiger partial charge in [-0.25, -0.2) is 4.90 Å².